The number of aryl methyl sites for hydroxylation is 1. The minimum absolute atomic E-state index is 0.597. The second kappa shape index (κ2) is 5.97. The molecular formula is C15H19N7. The van der Waals surface area contributed by atoms with Crippen LogP contribution in [-0.4, -0.2) is 45.0 Å². The van der Waals surface area contributed by atoms with E-state index in [-0.39, 0.29) is 0 Å². The van der Waals surface area contributed by atoms with Crippen LogP contribution in [0.5, 0.6) is 0 Å². The smallest absolute Gasteiger partial charge is 0.229 e. The first-order chi connectivity index (χ1) is 10.6. The summed E-state index contributed by atoms with van der Waals surface area (Å²) in [5, 5.41) is 3.24. The first-order valence-electron chi connectivity index (χ1n) is 7.18. The molecule has 0 unspecified atom stereocenters. The summed E-state index contributed by atoms with van der Waals surface area (Å²) in [4.78, 5) is 19.4. The van der Waals surface area contributed by atoms with E-state index in [1.54, 1.807) is 0 Å². The second-order valence-electron chi connectivity index (χ2n) is 5.28. The SMILES string of the molecule is Cc1nc(NCCc2cn3ccccc3n2)nc(N(C)C)n1. The van der Waals surface area contributed by atoms with Gasteiger partial charge in [-0.2, -0.15) is 15.0 Å². The van der Waals surface area contributed by atoms with Crippen LogP contribution < -0.4 is 10.2 Å². The van der Waals surface area contributed by atoms with Crippen molar-refractivity contribution < 1.29 is 0 Å². The maximum atomic E-state index is 4.57. The number of pyridine rings is 1. The number of anilines is 2. The van der Waals surface area contributed by atoms with Crippen LogP contribution in [-0.2, 0) is 6.42 Å². The first-order valence-corrected chi connectivity index (χ1v) is 7.18. The normalized spacial score (nSPS) is 10.9. The second-order valence-corrected chi connectivity index (χ2v) is 5.28. The van der Waals surface area contributed by atoms with Crippen LogP contribution in [0.25, 0.3) is 5.65 Å². The fraction of sp³-hybridized carbons (Fsp3) is 0.333. The molecule has 0 saturated heterocycles. The summed E-state index contributed by atoms with van der Waals surface area (Å²) in [6.45, 7) is 2.59. The fourth-order valence-electron chi connectivity index (χ4n) is 2.16. The molecule has 114 valence electrons. The zero-order valence-electron chi connectivity index (χ0n) is 13.0. The van der Waals surface area contributed by atoms with E-state index in [4.69, 9.17) is 0 Å². The predicted molar refractivity (Wildman–Crippen MR) is 86.3 cm³/mol. The molecule has 0 amide bonds. The monoisotopic (exact) mass is 297 g/mol. The van der Waals surface area contributed by atoms with Crippen molar-refractivity contribution in [3.8, 4) is 0 Å². The quantitative estimate of drug-likeness (QED) is 0.770. The lowest BCUT2D eigenvalue weighted by Gasteiger charge is -2.12. The summed E-state index contributed by atoms with van der Waals surface area (Å²) in [6, 6.07) is 5.98. The van der Waals surface area contributed by atoms with Crippen LogP contribution in [0.2, 0.25) is 0 Å². The molecule has 0 bridgehead atoms. The van der Waals surface area contributed by atoms with Gasteiger partial charge in [-0.1, -0.05) is 6.07 Å². The molecule has 0 radical (unpaired) electrons. The zero-order valence-corrected chi connectivity index (χ0v) is 13.0. The number of fused-ring (bicyclic) bond motifs is 1. The first kappa shape index (κ1) is 14.2. The van der Waals surface area contributed by atoms with Crippen molar-refractivity contribution >= 4 is 17.5 Å². The zero-order chi connectivity index (χ0) is 15.5. The number of nitrogens with one attached hydrogen (secondary N) is 1. The highest BCUT2D eigenvalue weighted by Gasteiger charge is 2.06. The molecule has 3 aromatic heterocycles. The third-order valence-electron chi connectivity index (χ3n) is 3.21. The van der Waals surface area contributed by atoms with Crippen LogP contribution in [0.1, 0.15) is 11.5 Å². The molecule has 0 fully saturated rings. The largest absolute Gasteiger partial charge is 0.354 e. The maximum Gasteiger partial charge on any atom is 0.229 e. The van der Waals surface area contributed by atoms with Gasteiger partial charge in [0.15, 0.2) is 0 Å². The molecule has 7 nitrogen and oxygen atoms in total. The van der Waals surface area contributed by atoms with Crippen molar-refractivity contribution in [2.24, 2.45) is 0 Å². The van der Waals surface area contributed by atoms with Gasteiger partial charge in [0.2, 0.25) is 11.9 Å². The van der Waals surface area contributed by atoms with Crippen molar-refractivity contribution in [3.63, 3.8) is 0 Å². The van der Waals surface area contributed by atoms with Crippen molar-refractivity contribution in [1.29, 1.82) is 0 Å². The van der Waals surface area contributed by atoms with Crippen LogP contribution >= 0.6 is 0 Å². The molecule has 3 rings (SSSR count). The number of nitrogens with zero attached hydrogens (tertiary/aromatic N) is 6. The molecule has 3 heterocycles. The van der Waals surface area contributed by atoms with Crippen LogP contribution in [0.3, 0.4) is 0 Å². The minimum atomic E-state index is 0.597. The molecule has 1 N–H and O–H groups in total. The van der Waals surface area contributed by atoms with Crippen molar-refractivity contribution in [2.45, 2.75) is 13.3 Å². The van der Waals surface area contributed by atoms with Crippen molar-refractivity contribution in [2.75, 3.05) is 30.9 Å². The molecule has 3 aromatic rings. The number of aromatic nitrogens is 5. The topological polar surface area (TPSA) is 71.2 Å². The standard InChI is InChI=1S/C15H19N7/c1-11-17-14(20-15(18-11)21(2)3)16-8-7-12-10-22-9-5-4-6-13(22)19-12/h4-6,9-10H,7-8H2,1-3H3,(H,16,17,18,20). The minimum Gasteiger partial charge on any atom is -0.354 e. The highest BCUT2D eigenvalue weighted by Crippen LogP contribution is 2.08. The Labute approximate surface area is 129 Å². The molecule has 0 aromatic carbocycles. The Kier molecular flexibility index (Phi) is 3.86. The number of rotatable bonds is 5. The number of imidazole rings is 1. The number of hydrogen-bond acceptors (Lipinski definition) is 6. The number of hydrogen-bond donors (Lipinski definition) is 1. The molecule has 22 heavy (non-hydrogen) atoms. The van der Waals surface area contributed by atoms with Gasteiger partial charge >= 0.3 is 0 Å². The highest BCUT2D eigenvalue weighted by atomic mass is 15.3. The predicted octanol–water partition coefficient (Wildman–Crippen LogP) is 1.55. The van der Waals surface area contributed by atoms with Crippen LogP contribution in [0.4, 0.5) is 11.9 Å². The molecule has 0 aliphatic rings. The third-order valence-corrected chi connectivity index (χ3v) is 3.21. The Hall–Kier alpha value is -2.70. The fourth-order valence-corrected chi connectivity index (χ4v) is 2.16. The van der Waals surface area contributed by atoms with E-state index in [1.807, 2.05) is 60.9 Å². The molecule has 0 aliphatic carbocycles. The summed E-state index contributed by atoms with van der Waals surface area (Å²) in [5.74, 6) is 1.96. The lowest BCUT2D eigenvalue weighted by Crippen LogP contribution is -2.16. The summed E-state index contributed by atoms with van der Waals surface area (Å²) in [7, 11) is 3.82. The van der Waals surface area contributed by atoms with Crippen LogP contribution in [0, 0.1) is 6.92 Å². The molecule has 7 heteroatoms. The van der Waals surface area contributed by atoms with E-state index >= 15 is 0 Å². The van der Waals surface area contributed by atoms with Gasteiger partial charge in [0, 0.05) is 39.5 Å². The molecule has 0 spiro atoms. The van der Waals surface area contributed by atoms with E-state index in [0.29, 0.717) is 17.7 Å². The Bertz CT molecular complexity index is 745. The molecule has 0 atom stereocenters. The van der Waals surface area contributed by atoms with Gasteiger partial charge < -0.3 is 14.6 Å². The highest BCUT2D eigenvalue weighted by molar-refractivity contribution is 5.40. The van der Waals surface area contributed by atoms with Crippen molar-refractivity contribution in [1.82, 2.24) is 24.3 Å². The maximum absolute atomic E-state index is 4.57. The van der Waals surface area contributed by atoms with E-state index in [1.165, 1.54) is 0 Å². The molecule has 0 aliphatic heterocycles. The third kappa shape index (κ3) is 3.13. The lowest BCUT2D eigenvalue weighted by molar-refractivity contribution is 0.894. The Morgan fingerprint density at radius 3 is 2.77 bits per heavy atom. The summed E-state index contributed by atoms with van der Waals surface area (Å²) in [5.41, 5.74) is 2.00. The van der Waals surface area contributed by atoms with Gasteiger partial charge in [0.25, 0.3) is 0 Å². The van der Waals surface area contributed by atoms with E-state index in [9.17, 15) is 0 Å². The van der Waals surface area contributed by atoms with Gasteiger partial charge in [-0.15, -0.1) is 0 Å². The summed E-state index contributed by atoms with van der Waals surface area (Å²) < 4.78 is 2.02. The van der Waals surface area contributed by atoms with Crippen molar-refractivity contribution in [3.05, 3.63) is 42.1 Å². The average Bonchev–Trinajstić information content (AvgIpc) is 2.89. The average molecular weight is 297 g/mol. The molecule has 0 saturated carbocycles. The van der Waals surface area contributed by atoms with E-state index in [0.717, 1.165) is 24.3 Å². The van der Waals surface area contributed by atoms with Crippen LogP contribution in [0.15, 0.2) is 30.6 Å². The van der Waals surface area contributed by atoms with Gasteiger partial charge in [-0.25, -0.2) is 4.98 Å². The van der Waals surface area contributed by atoms with E-state index < -0.39 is 0 Å². The Morgan fingerprint density at radius 1 is 1.14 bits per heavy atom. The van der Waals surface area contributed by atoms with Gasteiger partial charge in [-0.05, 0) is 19.1 Å². The van der Waals surface area contributed by atoms with E-state index in [2.05, 4.69) is 25.3 Å². The summed E-state index contributed by atoms with van der Waals surface area (Å²) >= 11 is 0. The Morgan fingerprint density at radius 2 is 2.00 bits per heavy atom. The van der Waals surface area contributed by atoms with Gasteiger partial charge in [0.1, 0.15) is 11.5 Å². The van der Waals surface area contributed by atoms with Gasteiger partial charge in [0.05, 0.1) is 5.69 Å². The molecular weight excluding hydrogens is 278 g/mol. The summed E-state index contributed by atoms with van der Waals surface area (Å²) in [6.07, 6.45) is 4.85. The van der Waals surface area contributed by atoms with Gasteiger partial charge in [-0.3, -0.25) is 0 Å². The lowest BCUT2D eigenvalue weighted by atomic mass is 10.3. The Balaban J connectivity index is 1.65.